The van der Waals surface area contributed by atoms with Crippen LogP contribution in [0.4, 0.5) is 9.52 Å². The van der Waals surface area contributed by atoms with Crippen molar-refractivity contribution >= 4 is 26.5 Å². The molecule has 0 atom stereocenters. The zero-order chi connectivity index (χ0) is 13.9. The van der Waals surface area contributed by atoms with E-state index in [-0.39, 0.29) is 15.8 Å². The molecular formula is C11H11FN2O3S2. The van der Waals surface area contributed by atoms with Crippen LogP contribution in [0.25, 0.3) is 0 Å². The smallest absolute Gasteiger partial charge is 0.263 e. The molecule has 1 heterocycles. The van der Waals surface area contributed by atoms with Crippen LogP contribution in [-0.2, 0) is 10.0 Å². The Labute approximate surface area is 114 Å². The molecule has 0 saturated heterocycles. The van der Waals surface area contributed by atoms with Crippen LogP contribution in [0.1, 0.15) is 6.92 Å². The van der Waals surface area contributed by atoms with E-state index >= 15 is 0 Å². The van der Waals surface area contributed by atoms with Crippen molar-refractivity contribution in [1.82, 2.24) is 4.98 Å². The van der Waals surface area contributed by atoms with E-state index < -0.39 is 15.8 Å². The summed E-state index contributed by atoms with van der Waals surface area (Å²) in [6.45, 7) is 2.02. The average Bonchev–Trinajstić information content (AvgIpc) is 2.84. The number of thiazole rings is 1. The molecule has 8 heteroatoms. The molecule has 0 aliphatic rings. The van der Waals surface area contributed by atoms with E-state index in [0.29, 0.717) is 6.61 Å². The molecule has 19 heavy (non-hydrogen) atoms. The van der Waals surface area contributed by atoms with Gasteiger partial charge in [0.1, 0.15) is 0 Å². The second-order valence-corrected chi connectivity index (χ2v) is 6.04. The summed E-state index contributed by atoms with van der Waals surface area (Å²) < 4.78 is 44.8. The van der Waals surface area contributed by atoms with Gasteiger partial charge in [0.05, 0.1) is 11.5 Å². The zero-order valence-corrected chi connectivity index (χ0v) is 11.6. The van der Waals surface area contributed by atoms with Gasteiger partial charge in [0.25, 0.3) is 10.0 Å². The van der Waals surface area contributed by atoms with Crippen LogP contribution in [0.5, 0.6) is 5.75 Å². The lowest BCUT2D eigenvalue weighted by Gasteiger charge is -2.08. The van der Waals surface area contributed by atoms with E-state index in [2.05, 4.69) is 9.71 Å². The van der Waals surface area contributed by atoms with Crippen LogP contribution >= 0.6 is 11.3 Å². The van der Waals surface area contributed by atoms with Crippen molar-refractivity contribution in [3.8, 4) is 5.75 Å². The van der Waals surface area contributed by atoms with Gasteiger partial charge < -0.3 is 4.74 Å². The van der Waals surface area contributed by atoms with E-state index in [9.17, 15) is 12.8 Å². The Balaban J connectivity index is 2.28. The molecule has 0 saturated carbocycles. The highest BCUT2D eigenvalue weighted by Crippen LogP contribution is 2.23. The van der Waals surface area contributed by atoms with Crippen molar-refractivity contribution in [1.29, 1.82) is 0 Å². The second-order valence-electron chi connectivity index (χ2n) is 3.47. The number of halogens is 1. The van der Waals surface area contributed by atoms with Gasteiger partial charge in [-0.2, -0.15) is 0 Å². The standard InChI is InChI=1S/C11H11FN2O3S2/c1-2-17-10-4-3-8(7-9(10)12)19(15,16)14-11-13-5-6-18-11/h3-7H,2H2,1H3,(H,13,14). The molecule has 5 nitrogen and oxygen atoms in total. The monoisotopic (exact) mass is 302 g/mol. The molecule has 2 rings (SSSR count). The number of hydrogen-bond acceptors (Lipinski definition) is 5. The first kappa shape index (κ1) is 13.8. The average molecular weight is 302 g/mol. The number of nitrogens with zero attached hydrogens (tertiary/aromatic N) is 1. The number of rotatable bonds is 5. The predicted molar refractivity (Wildman–Crippen MR) is 70.5 cm³/mol. The highest BCUT2D eigenvalue weighted by molar-refractivity contribution is 7.93. The van der Waals surface area contributed by atoms with Crippen molar-refractivity contribution in [2.24, 2.45) is 0 Å². The molecule has 0 fully saturated rings. The third-order valence-electron chi connectivity index (χ3n) is 2.17. The Bertz CT molecular complexity index is 657. The summed E-state index contributed by atoms with van der Waals surface area (Å²) in [4.78, 5) is 3.63. The maximum Gasteiger partial charge on any atom is 0.263 e. The number of sulfonamides is 1. The van der Waals surface area contributed by atoms with Crippen molar-refractivity contribution < 1.29 is 17.5 Å². The van der Waals surface area contributed by atoms with E-state index in [4.69, 9.17) is 4.74 Å². The summed E-state index contributed by atoms with van der Waals surface area (Å²) >= 11 is 1.14. The fraction of sp³-hybridized carbons (Fsp3) is 0.182. The first-order chi connectivity index (χ1) is 9.03. The van der Waals surface area contributed by atoms with Crippen LogP contribution in [0.15, 0.2) is 34.7 Å². The Morgan fingerprint density at radius 2 is 2.26 bits per heavy atom. The molecule has 102 valence electrons. The van der Waals surface area contributed by atoms with Gasteiger partial charge in [-0.05, 0) is 25.1 Å². The zero-order valence-electron chi connectivity index (χ0n) is 9.96. The number of hydrogen-bond donors (Lipinski definition) is 1. The summed E-state index contributed by atoms with van der Waals surface area (Å²) in [7, 11) is -3.84. The molecule has 1 N–H and O–H groups in total. The number of benzene rings is 1. The van der Waals surface area contributed by atoms with Crippen LogP contribution in [0.3, 0.4) is 0 Å². The van der Waals surface area contributed by atoms with Crippen molar-refractivity contribution in [2.45, 2.75) is 11.8 Å². The summed E-state index contributed by atoms with van der Waals surface area (Å²) in [5.74, 6) is -0.695. The van der Waals surface area contributed by atoms with Crippen molar-refractivity contribution in [3.63, 3.8) is 0 Å². The second kappa shape index (κ2) is 5.54. The van der Waals surface area contributed by atoms with Gasteiger partial charge in [-0.3, -0.25) is 4.72 Å². The highest BCUT2D eigenvalue weighted by atomic mass is 32.2. The summed E-state index contributed by atoms with van der Waals surface area (Å²) in [5, 5.41) is 1.87. The maximum atomic E-state index is 13.6. The SMILES string of the molecule is CCOc1ccc(S(=O)(=O)Nc2nccs2)cc1F. The van der Waals surface area contributed by atoms with Crippen LogP contribution in [0, 0.1) is 5.82 Å². The Morgan fingerprint density at radius 3 is 2.84 bits per heavy atom. The molecule has 0 aliphatic heterocycles. The molecular weight excluding hydrogens is 291 g/mol. The van der Waals surface area contributed by atoms with Crippen molar-refractivity contribution in [3.05, 3.63) is 35.6 Å². The van der Waals surface area contributed by atoms with Gasteiger partial charge in [0, 0.05) is 11.6 Å². The van der Waals surface area contributed by atoms with Gasteiger partial charge in [-0.1, -0.05) is 0 Å². The van der Waals surface area contributed by atoms with E-state index in [1.54, 1.807) is 12.3 Å². The molecule has 0 unspecified atom stereocenters. The lowest BCUT2D eigenvalue weighted by atomic mass is 10.3. The molecule has 2 aromatic rings. The van der Waals surface area contributed by atoms with Crippen LogP contribution in [-0.4, -0.2) is 20.0 Å². The summed E-state index contributed by atoms with van der Waals surface area (Å²) in [6.07, 6.45) is 1.47. The lowest BCUT2D eigenvalue weighted by molar-refractivity contribution is 0.321. The fourth-order valence-electron chi connectivity index (χ4n) is 1.37. The number of ether oxygens (including phenoxy) is 1. The van der Waals surface area contributed by atoms with Crippen LogP contribution in [0.2, 0.25) is 0 Å². The number of nitrogens with one attached hydrogen (secondary N) is 1. The maximum absolute atomic E-state index is 13.6. The number of anilines is 1. The third-order valence-corrected chi connectivity index (χ3v) is 4.32. The first-order valence-corrected chi connectivity index (χ1v) is 7.74. The minimum Gasteiger partial charge on any atom is -0.491 e. The molecule has 1 aromatic carbocycles. The van der Waals surface area contributed by atoms with Gasteiger partial charge in [0.2, 0.25) is 0 Å². The molecule has 1 aromatic heterocycles. The fourth-order valence-corrected chi connectivity index (χ4v) is 3.17. The van der Waals surface area contributed by atoms with E-state index in [1.165, 1.54) is 18.3 Å². The molecule has 0 bridgehead atoms. The summed E-state index contributed by atoms with van der Waals surface area (Å²) in [6, 6.07) is 3.49. The predicted octanol–water partition coefficient (Wildman–Crippen LogP) is 2.48. The topological polar surface area (TPSA) is 68.3 Å². The van der Waals surface area contributed by atoms with E-state index in [1.807, 2.05) is 0 Å². The molecule has 0 aliphatic carbocycles. The molecule has 0 radical (unpaired) electrons. The Morgan fingerprint density at radius 1 is 1.47 bits per heavy atom. The van der Waals surface area contributed by atoms with Gasteiger partial charge in [-0.15, -0.1) is 11.3 Å². The quantitative estimate of drug-likeness (QED) is 0.921. The molecule has 0 amide bonds. The third kappa shape index (κ3) is 3.21. The van der Waals surface area contributed by atoms with Crippen LogP contribution < -0.4 is 9.46 Å². The normalized spacial score (nSPS) is 11.3. The first-order valence-electron chi connectivity index (χ1n) is 5.37. The minimum absolute atomic E-state index is 0.0238. The largest absolute Gasteiger partial charge is 0.491 e. The van der Waals surface area contributed by atoms with E-state index in [0.717, 1.165) is 17.4 Å². The Hall–Kier alpha value is -1.67. The highest BCUT2D eigenvalue weighted by Gasteiger charge is 2.17. The number of aromatic nitrogens is 1. The molecule has 0 spiro atoms. The van der Waals surface area contributed by atoms with Gasteiger partial charge >= 0.3 is 0 Å². The minimum atomic E-state index is -3.84. The van der Waals surface area contributed by atoms with Crippen molar-refractivity contribution in [2.75, 3.05) is 11.3 Å². The lowest BCUT2D eigenvalue weighted by Crippen LogP contribution is -2.13. The summed E-state index contributed by atoms with van der Waals surface area (Å²) in [5.41, 5.74) is 0. The van der Waals surface area contributed by atoms with Gasteiger partial charge in [0.15, 0.2) is 16.7 Å². The van der Waals surface area contributed by atoms with Gasteiger partial charge in [-0.25, -0.2) is 17.8 Å². The Kier molecular flexibility index (Phi) is 4.01.